The number of fused-ring (bicyclic) bond motifs is 1. The lowest BCUT2D eigenvalue weighted by molar-refractivity contribution is -0.114. The van der Waals surface area contributed by atoms with Crippen LogP contribution in [0.5, 0.6) is 5.75 Å². The number of azide groups is 1. The Hall–Kier alpha value is -5.59. The number of carbonyl (C=O) groups is 2. The van der Waals surface area contributed by atoms with Gasteiger partial charge in [0.05, 0.1) is 12.8 Å². The van der Waals surface area contributed by atoms with Crippen molar-refractivity contribution in [2.45, 2.75) is 0 Å². The Labute approximate surface area is 223 Å². The van der Waals surface area contributed by atoms with Crippen LogP contribution in [0.15, 0.2) is 118 Å². The number of nitrogens with zero attached hydrogens (tertiary/aromatic N) is 3. The van der Waals surface area contributed by atoms with E-state index in [1.54, 1.807) is 36.4 Å². The fourth-order valence-electron chi connectivity index (χ4n) is 4.30. The zero-order valence-corrected chi connectivity index (χ0v) is 20.9. The Kier molecular flexibility index (Phi) is 7.21. The van der Waals surface area contributed by atoms with Crippen molar-refractivity contribution in [1.29, 1.82) is 0 Å². The molecule has 0 radical (unpaired) electrons. The average molecular weight is 515 g/mol. The van der Waals surface area contributed by atoms with Crippen LogP contribution < -0.4 is 10.1 Å². The van der Waals surface area contributed by atoms with E-state index in [4.69, 9.17) is 14.7 Å². The summed E-state index contributed by atoms with van der Waals surface area (Å²) in [5.74, 6) is -0.383. The molecule has 0 atom stereocenters. The summed E-state index contributed by atoms with van der Waals surface area (Å²) >= 11 is 0. The van der Waals surface area contributed by atoms with Crippen molar-refractivity contribution in [2.75, 3.05) is 7.11 Å². The Morgan fingerprint density at radius 1 is 0.897 bits per heavy atom. The maximum absolute atomic E-state index is 12.8. The number of benzene rings is 4. The van der Waals surface area contributed by atoms with E-state index in [1.165, 1.54) is 13.2 Å². The van der Waals surface area contributed by atoms with Crippen LogP contribution in [0.3, 0.4) is 0 Å². The second-order valence-electron chi connectivity index (χ2n) is 8.50. The lowest BCUT2D eigenvalue weighted by atomic mass is 9.97. The Morgan fingerprint density at radius 3 is 2.13 bits per heavy atom. The summed E-state index contributed by atoms with van der Waals surface area (Å²) in [4.78, 5) is 28.1. The van der Waals surface area contributed by atoms with Gasteiger partial charge in [0.1, 0.15) is 17.1 Å². The Morgan fingerprint density at radius 2 is 1.51 bits per heavy atom. The molecule has 0 aliphatic rings. The van der Waals surface area contributed by atoms with Crippen LogP contribution in [-0.4, -0.2) is 18.9 Å². The van der Waals surface area contributed by atoms with Crippen LogP contribution in [0.1, 0.15) is 15.9 Å². The maximum Gasteiger partial charge on any atom is 0.265 e. The van der Waals surface area contributed by atoms with Gasteiger partial charge in [-0.15, -0.1) is 0 Å². The van der Waals surface area contributed by atoms with Gasteiger partial charge in [0, 0.05) is 38.6 Å². The van der Waals surface area contributed by atoms with Crippen molar-refractivity contribution in [3.05, 3.63) is 130 Å². The molecule has 0 bridgehead atoms. The largest absolute Gasteiger partial charge is 0.496 e. The molecule has 0 saturated heterocycles. The predicted molar refractivity (Wildman–Crippen MR) is 150 cm³/mol. The number of carbonyl (C=O) groups excluding carboxylic acids is 2. The zero-order valence-electron chi connectivity index (χ0n) is 20.9. The molecule has 0 fully saturated rings. The van der Waals surface area contributed by atoms with Crippen molar-refractivity contribution in [1.82, 2.24) is 5.32 Å². The van der Waals surface area contributed by atoms with Crippen LogP contribution in [0, 0.1) is 0 Å². The lowest BCUT2D eigenvalue weighted by Crippen LogP contribution is -2.26. The van der Waals surface area contributed by atoms with E-state index in [0.29, 0.717) is 28.2 Å². The van der Waals surface area contributed by atoms with Crippen LogP contribution >= 0.6 is 0 Å². The van der Waals surface area contributed by atoms with Crippen LogP contribution in [0.4, 0.5) is 0 Å². The second-order valence-corrected chi connectivity index (χ2v) is 8.50. The minimum atomic E-state index is -0.940. The topological polar surface area (TPSA) is 117 Å². The molecule has 0 aliphatic carbocycles. The third-order valence-electron chi connectivity index (χ3n) is 6.09. The highest BCUT2D eigenvalue weighted by atomic mass is 16.5. The number of amides is 2. The van der Waals surface area contributed by atoms with E-state index in [-0.39, 0.29) is 5.70 Å². The van der Waals surface area contributed by atoms with Gasteiger partial charge in [0.25, 0.3) is 11.8 Å². The first-order valence-corrected chi connectivity index (χ1v) is 12.0. The molecule has 0 aliphatic heterocycles. The summed E-state index contributed by atoms with van der Waals surface area (Å²) in [6, 6.07) is 31.5. The number of ether oxygens (including phenoxy) is 1. The molecule has 4 aromatic carbocycles. The number of nitrogens with one attached hydrogen (secondary N) is 1. The van der Waals surface area contributed by atoms with Gasteiger partial charge < -0.3 is 14.5 Å². The third-order valence-corrected chi connectivity index (χ3v) is 6.09. The van der Waals surface area contributed by atoms with Crippen LogP contribution in [0.25, 0.3) is 49.9 Å². The normalized spacial score (nSPS) is 11.1. The first-order valence-electron chi connectivity index (χ1n) is 12.0. The molecule has 1 aromatic heterocycles. The quantitative estimate of drug-likeness (QED) is 0.105. The van der Waals surface area contributed by atoms with E-state index >= 15 is 0 Å². The molecule has 39 heavy (non-hydrogen) atoms. The van der Waals surface area contributed by atoms with E-state index in [0.717, 1.165) is 22.1 Å². The zero-order chi connectivity index (χ0) is 27.2. The van der Waals surface area contributed by atoms with Gasteiger partial charge >= 0.3 is 0 Å². The van der Waals surface area contributed by atoms with Gasteiger partial charge in [-0.3, -0.25) is 9.59 Å². The predicted octanol–water partition coefficient (Wildman–Crippen LogP) is 7.38. The van der Waals surface area contributed by atoms with E-state index in [9.17, 15) is 9.59 Å². The smallest absolute Gasteiger partial charge is 0.265 e. The van der Waals surface area contributed by atoms with E-state index in [1.807, 2.05) is 66.7 Å². The lowest BCUT2D eigenvalue weighted by Gasteiger charge is -2.10. The van der Waals surface area contributed by atoms with Gasteiger partial charge in [-0.2, -0.15) is 0 Å². The molecule has 0 spiro atoms. The Bertz CT molecular complexity index is 1740. The molecule has 190 valence electrons. The van der Waals surface area contributed by atoms with E-state index in [2.05, 4.69) is 15.3 Å². The highest BCUT2D eigenvalue weighted by Gasteiger charge is 2.21. The summed E-state index contributed by atoms with van der Waals surface area (Å²) < 4.78 is 12.0. The van der Waals surface area contributed by atoms with Crippen molar-refractivity contribution in [3.63, 3.8) is 0 Å². The molecular formula is C31H22N4O4. The van der Waals surface area contributed by atoms with Crippen LogP contribution in [-0.2, 0) is 4.79 Å². The molecule has 5 aromatic rings. The molecule has 0 saturated carbocycles. The molecular weight excluding hydrogens is 492 g/mol. The summed E-state index contributed by atoms with van der Waals surface area (Å²) in [6.07, 6.45) is 1.43. The van der Waals surface area contributed by atoms with Crippen molar-refractivity contribution in [3.8, 4) is 28.2 Å². The highest BCUT2D eigenvalue weighted by molar-refractivity contribution is 6.07. The average Bonchev–Trinajstić information content (AvgIpc) is 3.36. The molecule has 0 unspecified atom stereocenters. The molecule has 8 heteroatoms. The van der Waals surface area contributed by atoms with Gasteiger partial charge in [-0.1, -0.05) is 78.9 Å². The molecule has 2 amide bonds. The summed E-state index contributed by atoms with van der Waals surface area (Å²) in [5.41, 5.74) is 12.8. The maximum atomic E-state index is 12.8. The summed E-state index contributed by atoms with van der Waals surface area (Å²) in [6.45, 7) is 0. The molecule has 1 heterocycles. The van der Waals surface area contributed by atoms with Crippen molar-refractivity contribution >= 4 is 28.9 Å². The number of methoxy groups -OCH3 is 1. The molecule has 1 N–H and O–H groups in total. The fraction of sp³-hybridized carbons (Fsp3) is 0.0323. The monoisotopic (exact) mass is 514 g/mol. The van der Waals surface area contributed by atoms with Gasteiger partial charge in [-0.05, 0) is 40.5 Å². The molecule has 8 nitrogen and oxygen atoms in total. The number of furan rings is 1. The van der Waals surface area contributed by atoms with Crippen molar-refractivity contribution in [2.24, 2.45) is 5.11 Å². The highest BCUT2D eigenvalue weighted by Crippen LogP contribution is 2.43. The molecule has 5 rings (SSSR count). The first kappa shape index (κ1) is 25.1. The summed E-state index contributed by atoms with van der Waals surface area (Å²) in [7, 11) is 1.50. The van der Waals surface area contributed by atoms with Gasteiger partial charge in [0.15, 0.2) is 0 Å². The third kappa shape index (κ3) is 5.27. The first-order chi connectivity index (χ1) is 19.1. The van der Waals surface area contributed by atoms with Crippen LogP contribution in [0.2, 0.25) is 0 Å². The minimum Gasteiger partial charge on any atom is -0.496 e. The van der Waals surface area contributed by atoms with E-state index < -0.39 is 11.8 Å². The van der Waals surface area contributed by atoms with Crippen molar-refractivity contribution < 1.29 is 18.7 Å². The fourth-order valence-corrected chi connectivity index (χ4v) is 4.30. The summed E-state index contributed by atoms with van der Waals surface area (Å²) in [5, 5.41) is 6.54. The number of hydrogen-bond donors (Lipinski definition) is 1. The second kappa shape index (κ2) is 11.2. The minimum absolute atomic E-state index is 0.202. The van der Waals surface area contributed by atoms with Gasteiger partial charge in [-0.25, -0.2) is 0 Å². The van der Waals surface area contributed by atoms with Gasteiger partial charge in [0.2, 0.25) is 0 Å². The Balaban J connectivity index is 1.70. The standard InChI is InChI=1S/C31H22N4O4/c1-38-26-19-27-24(28(20-11-5-2-6-12-20)29(39-27)21-13-7-3-8-14-21)17-23(26)18-25(31(37)34-35-32)33-30(36)22-15-9-4-10-16-22/h2-19H,1H3,(H,33,36)/b25-18-. The number of hydrogen-bond acceptors (Lipinski definition) is 4. The SMILES string of the molecule is COc1cc2oc(-c3ccccc3)c(-c3ccccc3)c2cc1/C=C(\NC(=O)c1ccccc1)C(=O)N=[N+]=[N-]. The number of rotatable bonds is 7.